The van der Waals surface area contributed by atoms with Crippen LogP contribution in [0, 0.1) is 5.82 Å². The van der Waals surface area contributed by atoms with Crippen LogP contribution in [0.15, 0.2) is 77.7 Å². The standard InChI is InChI=1S/C28H28FN3O3S2/c1-2-22-11-6-7-18-32(22)37(34,35)23-16-14-21(15-17-23)27(33)31(19-20-9-4-3-5-10-20)28-30-26-24(29)12-8-13-25(26)36-28/h3-5,8-10,12-17,22H,2,6-7,11,18-19H2,1H3. The highest BCUT2D eigenvalue weighted by atomic mass is 32.2. The van der Waals surface area contributed by atoms with Crippen LogP contribution >= 0.6 is 11.3 Å². The maximum absolute atomic E-state index is 14.4. The first-order valence-electron chi connectivity index (χ1n) is 12.4. The summed E-state index contributed by atoms with van der Waals surface area (Å²) in [5.74, 6) is -0.776. The van der Waals surface area contributed by atoms with Crippen molar-refractivity contribution in [2.45, 2.75) is 50.1 Å². The lowest BCUT2D eigenvalue weighted by Gasteiger charge is -2.34. The number of benzene rings is 3. The Bertz CT molecular complexity index is 1500. The molecule has 4 aromatic rings. The fourth-order valence-electron chi connectivity index (χ4n) is 4.77. The number of piperidine rings is 1. The molecule has 0 aliphatic carbocycles. The minimum atomic E-state index is -3.65. The van der Waals surface area contributed by atoms with Gasteiger partial charge < -0.3 is 0 Å². The zero-order chi connectivity index (χ0) is 26.0. The lowest BCUT2D eigenvalue weighted by molar-refractivity contribution is 0.0985. The number of carbonyl (C=O) groups excluding carboxylic acids is 1. The van der Waals surface area contributed by atoms with E-state index in [0.29, 0.717) is 21.9 Å². The topological polar surface area (TPSA) is 70.6 Å². The quantitative estimate of drug-likeness (QED) is 0.280. The van der Waals surface area contributed by atoms with E-state index < -0.39 is 15.8 Å². The molecule has 1 saturated heterocycles. The van der Waals surface area contributed by atoms with Crippen LogP contribution in [0.1, 0.15) is 48.5 Å². The molecule has 1 amide bonds. The molecule has 192 valence electrons. The number of nitrogens with zero attached hydrogens (tertiary/aromatic N) is 3. The molecular formula is C28H28FN3O3S2. The summed E-state index contributed by atoms with van der Waals surface area (Å²) in [4.78, 5) is 19.8. The van der Waals surface area contributed by atoms with Crippen molar-refractivity contribution in [3.05, 3.63) is 89.7 Å². The van der Waals surface area contributed by atoms with Gasteiger partial charge in [-0.05, 0) is 61.2 Å². The van der Waals surface area contributed by atoms with Gasteiger partial charge >= 0.3 is 0 Å². The summed E-state index contributed by atoms with van der Waals surface area (Å²) >= 11 is 1.24. The first-order valence-corrected chi connectivity index (χ1v) is 14.7. The Labute approximate surface area is 220 Å². The molecule has 0 bridgehead atoms. The van der Waals surface area contributed by atoms with Gasteiger partial charge in [-0.1, -0.05) is 61.1 Å². The number of para-hydroxylation sites is 1. The van der Waals surface area contributed by atoms with E-state index in [1.165, 1.54) is 34.4 Å². The van der Waals surface area contributed by atoms with Crippen LogP contribution in [-0.2, 0) is 16.6 Å². The molecule has 5 rings (SSSR count). The summed E-state index contributed by atoms with van der Waals surface area (Å²) in [5, 5.41) is 0.379. The number of anilines is 1. The molecule has 1 unspecified atom stereocenters. The van der Waals surface area contributed by atoms with Crippen LogP contribution in [0.5, 0.6) is 0 Å². The van der Waals surface area contributed by atoms with E-state index in [9.17, 15) is 17.6 Å². The number of sulfonamides is 1. The second-order valence-electron chi connectivity index (χ2n) is 9.16. The monoisotopic (exact) mass is 537 g/mol. The van der Waals surface area contributed by atoms with Crippen molar-refractivity contribution < 1.29 is 17.6 Å². The Morgan fingerprint density at radius 3 is 2.51 bits per heavy atom. The molecule has 9 heteroatoms. The first kappa shape index (κ1) is 25.5. The Balaban J connectivity index is 1.47. The van der Waals surface area contributed by atoms with Crippen LogP contribution in [0.2, 0.25) is 0 Å². The van der Waals surface area contributed by atoms with Gasteiger partial charge in [0.05, 0.1) is 16.1 Å². The fourth-order valence-corrected chi connectivity index (χ4v) is 7.52. The van der Waals surface area contributed by atoms with Crippen molar-refractivity contribution >= 4 is 42.6 Å². The summed E-state index contributed by atoms with van der Waals surface area (Å²) in [6, 6.07) is 20.3. The largest absolute Gasteiger partial charge is 0.279 e. The third-order valence-corrected chi connectivity index (χ3v) is 9.78. The van der Waals surface area contributed by atoms with Gasteiger partial charge in [0.25, 0.3) is 5.91 Å². The van der Waals surface area contributed by atoms with E-state index in [0.717, 1.165) is 31.2 Å². The number of thiazole rings is 1. The summed E-state index contributed by atoms with van der Waals surface area (Å²) in [5.41, 5.74) is 1.45. The minimum absolute atomic E-state index is 0.000790. The summed E-state index contributed by atoms with van der Waals surface area (Å²) in [6.07, 6.45) is 3.52. The molecule has 0 saturated carbocycles. The Kier molecular flexibility index (Phi) is 7.37. The maximum Gasteiger partial charge on any atom is 0.260 e. The average Bonchev–Trinajstić information content (AvgIpc) is 3.37. The van der Waals surface area contributed by atoms with Gasteiger partial charge in [-0.2, -0.15) is 4.31 Å². The van der Waals surface area contributed by atoms with E-state index in [2.05, 4.69) is 4.98 Å². The molecule has 3 aromatic carbocycles. The number of carbonyl (C=O) groups is 1. The second-order valence-corrected chi connectivity index (χ2v) is 12.1. The van der Waals surface area contributed by atoms with Crippen molar-refractivity contribution in [3.8, 4) is 0 Å². The third kappa shape index (κ3) is 5.16. The molecule has 37 heavy (non-hydrogen) atoms. The van der Waals surface area contributed by atoms with Crippen molar-refractivity contribution in [1.82, 2.24) is 9.29 Å². The molecule has 1 atom stereocenters. The lowest BCUT2D eigenvalue weighted by atomic mass is 10.0. The molecule has 0 spiro atoms. The lowest BCUT2D eigenvalue weighted by Crippen LogP contribution is -2.43. The van der Waals surface area contributed by atoms with Crippen LogP contribution < -0.4 is 4.90 Å². The van der Waals surface area contributed by atoms with Gasteiger partial charge in [-0.15, -0.1) is 0 Å². The average molecular weight is 538 g/mol. The first-order chi connectivity index (χ1) is 17.9. The second kappa shape index (κ2) is 10.7. The molecular weight excluding hydrogens is 509 g/mol. The van der Waals surface area contributed by atoms with E-state index >= 15 is 0 Å². The van der Waals surface area contributed by atoms with Gasteiger partial charge in [0.1, 0.15) is 11.3 Å². The number of amides is 1. The molecule has 1 aliphatic rings. The number of hydrogen-bond acceptors (Lipinski definition) is 5. The van der Waals surface area contributed by atoms with Gasteiger partial charge in [0.15, 0.2) is 5.13 Å². The van der Waals surface area contributed by atoms with Crippen molar-refractivity contribution in [2.75, 3.05) is 11.4 Å². The van der Waals surface area contributed by atoms with E-state index in [1.54, 1.807) is 28.6 Å². The summed E-state index contributed by atoms with van der Waals surface area (Å²) < 4.78 is 43.3. The Morgan fingerprint density at radius 2 is 1.81 bits per heavy atom. The molecule has 1 fully saturated rings. The van der Waals surface area contributed by atoms with Crippen molar-refractivity contribution in [1.29, 1.82) is 0 Å². The Morgan fingerprint density at radius 1 is 1.05 bits per heavy atom. The smallest absolute Gasteiger partial charge is 0.260 e. The minimum Gasteiger partial charge on any atom is -0.279 e. The molecule has 2 heterocycles. The SMILES string of the molecule is CCC1CCCCN1S(=O)(=O)c1ccc(C(=O)N(Cc2ccccc2)c2nc3c(F)cccc3s2)cc1. The fraction of sp³-hybridized carbons (Fsp3) is 0.286. The normalized spacial score (nSPS) is 16.6. The Hall–Kier alpha value is -3.14. The van der Waals surface area contributed by atoms with E-state index in [-0.39, 0.29) is 28.9 Å². The predicted octanol–water partition coefficient (Wildman–Crippen LogP) is 6.24. The third-order valence-electron chi connectivity index (χ3n) is 6.77. The molecule has 1 aliphatic heterocycles. The number of fused-ring (bicyclic) bond motifs is 1. The highest BCUT2D eigenvalue weighted by Gasteiger charge is 2.32. The number of hydrogen-bond donors (Lipinski definition) is 0. The van der Waals surface area contributed by atoms with Gasteiger partial charge in [0.2, 0.25) is 10.0 Å². The highest BCUT2D eigenvalue weighted by Crippen LogP contribution is 2.33. The van der Waals surface area contributed by atoms with E-state index in [4.69, 9.17) is 0 Å². The van der Waals surface area contributed by atoms with E-state index in [1.807, 2.05) is 37.3 Å². The summed E-state index contributed by atoms with van der Waals surface area (Å²) in [6.45, 7) is 2.77. The zero-order valence-corrected chi connectivity index (χ0v) is 22.1. The molecule has 6 nitrogen and oxygen atoms in total. The molecule has 1 aromatic heterocycles. The van der Waals surface area contributed by atoms with Gasteiger partial charge in [-0.3, -0.25) is 9.69 Å². The number of halogens is 1. The van der Waals surface area contributed by atoms with Gasteiger partial charge in [-0.25, -0.2) is 17.8 Å². The summed E-state index contributed by atoms with van der Waals surface area (Å²) in [7, 11) is -3.65. The van der Waals surface area contributed by atoms with Crippen molar-refractivity contribution in [2.24, 2.45) is 0 Å². The molecule has 0 N–H and O–H groups in total. The van der Waals surface area contributed by atoms with Crippen LogP contribution in [0.4, 0.5) is 9.52 Å². The van der Waals surface area contributed by atoms with Crippen molar-refractivity contribution in [3.63, 3.8) is 0 Å². The highest BCUT2D eigenvalue weighted by molar-refractivity contribution is 7.89. The molecule has 0 radical (unpaired) electrons. The zero-order valence-electron chi connectivity index (χ0n) is 20.5. The number of aromatic nitrogens is 1. The van der Waals surface area contributed by atoms with Crippen LogP contribution in [-0.4, -0.2) is 36.2 Å². The van der Waals surface area contributed by atoms with Gasteiger partial charge in [0, 0.05) is 18.2 Å². The maximum atomic E-state index is 14.4. The number of rotatable bonds is 7. The van der Waals surface area contributed by atoms with Crippen LogP contribution in [0.3, 0.4) is 0 Å². The van der Waals surface area contributed by atoms with Crippen LogP contribution in [0.25, 0.3) is 10.2 Å². The predicted molar refractivity (Wildman–Crippen MR) is 145 cm³/mol.